The number of hydrogen-bond donors (Lipinski definition) is 1. The number of nitrogens with zero attached hydrogens (tertiary/aromatic N) is 2. The van der Waals surface area contributed by atoms with Crippen molar-refractivity contribution in [3.63, 3.8) is 0 Å². The zero-order valence-electron chi connectivity index (χ0n) is 7.01. The molecule has 0 aromatic carbocycles. The van der Waals surface area contributed by atoms with Crippen LogP contribution in [0.25, 0.3) is 11.4 Å². The fourth-order valence-corrected chi connectivity index (χ4v) is 1.07. The lowest BCUT2D eigenvalue weighted by atomic mass is 10.2. The van der Waals surface area contributed by atoms with Crippen molar-refractivity contribution in [1.29, 1.82) is 0 Å². The van der Waals surface area contributed by atoms with Gasteiger partial charge in [0, 0.05) is 6.20 Å². The topological polar surface area (TPSA) is 51.8 Å². The van der Waals surface area contributed by atoms with E-state index in [1.165, 1.54) is 0 Å². The van der Waals surface area contributed by atoms with Crippen molar-refractivity contribution in [2.24, 2.45) is 0 Å². The molecule has 0 saturated carbocycles. The lowest BCUT2D eigenvalue weighted by molar-refractivity contribution is 1.25. The highest BCUT2D eigenvalue weighted by Crippen LogP contribution is 2.13. The van der Waals surface area contributed by atoms with E-state index in [4.69, 9.17) is 5.73 Å². The van der Waals surface area contributed by atoms with Crippen LogP contribution in [0.1, 0.15) is 0 Å². The molecule has 0 spiro atoms. The van der Waals surface area contributed by atoms with Crippen molar-refractivity contribution in [3.05, 3.63) is 42.7 Å². The van der Waals surface area contributed by atoms with Crippen molar-refractivity contribution in [3.8, 4) is 11.4 Å². The predicted octanol–water partition coefficient (Wildman–Crippen LogP) is 1.73. The van der Waals surface area contributed by atoms with E-state index >= 15 is 0 Å². The van der Waals surface area contributed by atoms with Gasteiger partial charge in [0.05, 0.1) is 23.3 Å². The first-order valence-electron chi connectivity index (χ1n) is 3.99. The molecule has 3 heteroatoms. The van der Waals surface area contributed by atoms with Gasteiger partial charge in [0.1, 0.15) is 0 Å². The molecule has 2 aromatic rings. The van der Waals surface area contributed by atoms with Crippen molar-refractivity contribution < 1.29 is 0 Å². The minimum Gasteiger partial charge on any atom is -0.397 e. The Morgan fingerprint density at radius 1 is 0.923 bits per heavy atom. The van der Waals surface area contributed by atoms with Gasteiger partial charge in [0.15, 0.2) is 0 Å². The quantitative estimate of drug-likeness (QED) is 0.710. The van der Waals surface area contributed by atoms with Crippen LogP contribution in [0.15, 0.2) is 42.7 Å². The molecule has 0 aliphatic carbocycles. The van der Waals surface area contributed by atoms with Crippen LogP contribution in [0, 0.1) is 0 Å². The monoisotopic (exact) mass is 171 g/mol. The van der Waals surface area contributed by atoms with E-state index in [2.05, 4.69) is 9.97 Å². The number of nitrogen functional groups attached to an aromatic ring is 1. The Morgan fingerprint density at radius 2 is 1.77 bits per heavy atom. The normalized spacial score (nSPS) is 9.85. The number of pyridine rings is 2. The van der Waals surface area contributed by atoms with Crippen LogP contribution in [0.3, 0.4) is 0 Å². The summed E-state index contributed by atoms with van der Waals surface area (Å²) in [4.78, 5) is 8.34. The van der Waals surface area contributed by atoms with Gasteiger partial charge in [-0.2, -0.15) is 0 Å². The zero-order chi connectivity index (χ0) is 9.10. The van der Waals surface area contributed by atoms with E-state index in [1.54, 1.807) is 12.4 Å². The molecule has 0 bridgehead atoms. The van der Waals surface area contributed by atoms with E-state index in [9.17, 15) is 0 Å². The molecule has 2 N–H and O–H groups in total. The van der Waals surface area contributed by atoms with Crippen LogP contribution in [0.5, 0.6) is 0 Å². The summed E-state index contributed by atoms with van der Waals surface area (Å²) < 4.78 is 0. The first kappa shape index (κ1) is 7.73. The van der Waals surface area contributed by atoms with Crippen molar-refractivity contribution in [1.82, 2.24) is 9.97 Å². The molecule has 2 rings (SSSR count). The number of nitrogens with two attached hydrogens (primary N) is 1. The molecule has 2 heterocycles. The summed E-state index contributed by atoms with van der Waals surface area (Å²) in [5.74, 6) is 0. The van der Waals surface area contributed by atoms with Gasteiger partial charge in [-0.15, -0.1) is 0 Å². The van der Waals surface area contributed by atoms with Gasteiger partial charge in [-0.05, 0) is 24.3 Å². The summed E-state index contributed by atoms with van der Waals surface area (Å²) in [7, 11) is 0. The van der Waals surface area contributed by atoms with Gasteiger partial charge in [-0.1, -0.05) is 6.07 Å². The number of rotatable bonds is 1. The average Bonchev–Trinajstić information content (AvgIpc) is 2.20. The van der Waals surface area contributed by atoms with E-state index in [1.807, 2.05) is 30.3 Å². The Labute approximate surface area is 76.3 Å². The third-order valence-corrected chi connectivity index (χ3v) is 1.71. The van der Waals surface area contributed by atoms with Gasteiger partial charge >= 0.3 is 0 Å². The van der Waals surface area contributed by atoms with Crippen molar-refractivity contribution in [2.75, 3.05) is 5.73 Å². The summed E-state index contributed by atoms with van der Waals surface area (Å²) in [6.45, 7) is 0. The van der Waals surface area contributed by atoms with Crippen LogP contribution < -0.4 is 5.73 Å². The van der Waals surface area contributed by atoms with Crippen LogP contribution in [-0.2, 0) is 0 Å². The third-order valence-electron chi connectivity index (χ3n) is 1.71. The molecule has 3 nitrogen and oxygen atoms in total. The minimum absolute atomic E-state index is 0.666. The largest absolute Gasteiger partial charge is 0.397 e. The van der Waals surface area contributed by atoms with Crippen LogP contribution >= 0.6 is 0 Å². The fraction of sp³-hybridized carbons (Fsp3) is 0. The van der Waals surface area contributed by atoms with Crippen LogP contribution in [0.2, 0.25) is 0 Å². The molecule has 0 saturated heterocycles. The Kier molecular flexibility index (Phi) is 1.92. The Balaban J connectivity index is 2.42. The third kappa shape index (κ3) is 1.64. The summed E-state index contributed by atoms with van der Waals surface area (Å²) in [5, 5.41) is 0. The summed E-state index contributed by atoms with van der Waals surface area (Å²) >= 11 is 0. The molecular formula is C10H9N3. The van der Waals surface area contributed by atoms with Gasteiger partial charge in [0.25, 0.3) is 0 Å². The summed E-state index contributed by atoms with van der Waals surface area (Å²) in [6, 6.07) is 9.40. The second-order valence-electron chi connectivity index (χ2n) is 2.69. The second kappa shape index (κ2) is 3.23. The van der Waals surface area contributed by atoms with E-state index in [0.717, 1.165) is 11.4 Å². The molecule has 0 aliphatic rings. The molecule has 2 aromatic heterocycles. The molecule has 0 atom stereocenters. The van der Waals surface area contributed by atoms with Gasteiger partial charge in [0.2, 0.25) is 0 Å². The van der Waals surface area contributed by atoms with Crippen molar-refractivity contribution in [2.45, 2.75) is 0 Å². The van der Waals surface area contributed by atoms with Gasteiger partial charge < -0.3 is 5.73 Å². The summed E-state index contributed by atoms with van der Waals surface area (Å²) in [5.41, 5.74) is 7.89. The number of aromatic nitrogens is 2. The Bertz CT molecular complexity index is 381. The van der Waals surface area contributed by atoms with E-state index in [0.29, 0.717) is 5.69 Å². The highest BCUT2D eigenvalue weighted by atomic mass is 14.8. The maximum atomic E-state index is 5.52. The Morgan fingerprint density at radius 3 is 2.38 bits per heavy atom. The zero-order valence-corrected chi connectivity index (χ0v) is 7.01. The predicted molar refractivity (Wildman–Crippen MR) is 51.9 cm³/mol. The minimum atomic E-state index is 0.666. The first-order chi connectivity index (χ1) is 6.36. The molecular weight excluding hydrogens is 162 g/mol. The molecule has 64 valence electrons. The first-order valence-corrected chi connectivity index (χ1v) is 3.99. The summed E-state index contributed by atoms with van der Waals surface area (Å²) in [6.07, 6.45) is 3.37. The molecule has 0 fully saturated rings. The number of hydrogen-bond acceptors (Lipinski definition) is 3. The number of anilines is 1. The van der Waals surface area contributed by atoms with Crippen LogP contribution in [-0.4, -0.2) is 9.97 Å². The standard InChI is InChI=1S/C10H9N3/c11-8-4-5-10(13-7-8)9-3-1-2-6-12-9/h1-7H,11H2. The molecule has 0 aliphatic heterocycles. The van der Waals surface area contributed by atoms with E-state index < -0.39 is 0 Å². The SMILES string of the molecule is Nc1ccc(-c2ccccn2)nc1. The lowest BCUT2D eigenvalue weighted by Gasteiger charge is -1.98. The van der Waals surface area contributed by atoms with Crippen molar-refractivity contribution >= 4 is 5.69 Å². The lowest BCUT2D eigenvalue weighted by Crippen LogP contribution is -1.89. The smallest absolute Gasteiger partial charge is 0.0887 e. The van der Waals surface area contributed by atoms with E-state index in [-0.39, 0.29) is 0 Å². The maximum absolute atomic E-state index is 5.52. The highest BCUT2D eigenvalue weighted by Gasteiger charge is 1.97. The highest BCUT2D eigenvalue weighted by molar-refractivity contribution is 5.55. The average molecular weight is 171 g/mol. The Hall–Kier alpha value is -1.90. The van der Waals surface area contributed by atoms with Gasteiger partial charge in [-0.25, -0.2) is 0 Å². The molecule has 0 radical (unpaired) electrons. The van der Waals surface area contributed by atoms with Gasteiger partial charge in [-0.3, -0.25) is 9.97 Å². The maximum Gasteiger partial charge on any atom is 0.0887 e. The fourth-order valence-electron chi connectivity index (χ4n) is 1.07. The molecule has 0 amide bonds. The van der Waals surface area contributed by atoms with Crippen LogP contribution in [0.4, 0.5) is 5.69 Å². The molecule has 0 unspecified atom stereocenters. The second-order valence-corrected chi connectivity index (χ2v) is 2.69. The molecule has 13 heavy (non-hydrogen) atoms.